The minimum atomic E-state index is -0.215. The lowest BCUT2D eigenvalue weighted by atomic mass is 10.1. The van der Waals surface area contributed by atoms with Gasteiger partial charge in [-0.25, -0.2) is 0 Å². The third-order valence-electron chi connectivity index (χ3n) is 2.33. The van der Waals surface area contributed by atoms with Crippen LogP contribution in [0.1, 0.15) is 29.5 Å². The van der Waals surface area contributed by atoms with Crippen LogP contribution in [0.2, 0.25) is 0 Å². The third-order valence-corrected chi connectivity index (χ3v) is 2.72. The van der Waals surface area contributed by atoms with Gasteiger partial charge in [0.15, 0.2) is 10.4 Å². The van der Waals surface area contributed by atoms with Crippen molar-refractivity contribution in [3.05, 3.63) is 22.1 Å². The number of carbonyl (C=O) groups excluding carboxylic acids is 1. The first-order chi connectivity index (χ1) is 7.54. The Bertz CT molecular complexity index is 362. The zero-order chi connectivity index (χ0) is 12.1. The molecule has 0 saturated heterocycles. The van der Waals surface area contributed by atoms with Crippen LogP contribution in [0.25, 0.3) is 0 Å². The molecular weight excluding hydrogens is 274 g/mol. The Morgan fingerprint density at radius 3 is 2.88 bits per heavy atom. The molecule has 1 rings (SSSR count). The number of halogens is 1. The third kappa shape index (κ3) is 3.64. The lowest BCUT2D eigenvalue weighted by Crippen LogP contribution is -2.28. The summed E-state index contributed by atoms with van der Waals surface area (Å²) in [5.41, 5.74) is 0.805. The van der Waals surface area contributed by atoms with Gasteiger partial charge in [-0.05, 0) is 41.3 Å². The lowest BCUT2D eigenvalue weighted by Gasteiger charge is -2.10. The molecule has 1 amide bonds. The van der Waals surface area contributed by atoms with Crippen molar-refractivity contribution in [2.75, 3.05) is 13.2 Å². The zero-order valence-electron chi connectivity index (χ0n) is 9.42. The van der Waals surface area contributed by atoms with Crippen LogP contribution in [0.15, 0.2) is 15.2 Å². The number of aliphatic hydroxyl groups excluding tert-OH is 1. The van der Waals surface area contributed by atoms with E-state index in [2.05, 4.69) is 21.2 Å². The number of rotatable bonds is 5. The highest BCUT2D eigenvalue weighted by molar-refractivity contribution is 9.10. The largest absolute Gasteiger partial charge is 0.444 e. The van der Waals surface area contributed by atoms with E-state index in [9.17, 15) is 4.79 Å². The van der Waals surface area contributed by atoms with Gasteiger partial charge < -0.3 is 14.8 Å². The number of furan rings is 1. The van der Waals surface area contributed by atoms with E-state index in [1.807, 2.05) is 13.8 Å². The summed E-state index contributed by atoms with van der Waals surface area (Å²) in [6, 6.07) is 1.76. The average molecular weight is 290 g/mol. The maximum Gasteiger partial charge on any atom is 0.287 e. The summed E-state index contributed by atoms with van der Waals surface area (Å²) in [5, 5.41) is 11.5. The van der Waals surface area contributed by atoms with Gasteiger partial charge in [-0.3, -0.25) is 4.79 Å². The standard InChI is InChI=1S/C11H16BrNO3/c1-7(3-4-14)6-13-11(15)10-8(2)5-9(12)16-10/h5,7,14H,3-4,6H2,1-2H3,(H,13,15). The second kappa shape index (κ2) is 6.06. The summed E-state index contributed by atoms with van der Waals surface area (Å²) in [6.07, 6.45) is 0.682. The summed E-state index contributed by atoms with van der Waals surface area (Å²) in [4.78, 5) is 11.7. The Labute approximate surface area is 103 Å². The molecule has 1 aromatic rings. The van der Waals surface area contributed by atoms with Crippen LogP contribution in [0.5, 0.6) is 0 Å². The summed E-state index contributed by atoms with van der Waals surface area (Å²) in [5.74, 6) is 0.378. The van der Waals surface area contributed by atoms with Gasteiger partial charge in [0.2, 0.25) is 0 Å². The number of amides is 1. The summed E-state index contributed by atoms with van der Waals surface area (Å²) in [6.45, 7) is 4.47. The number of carbonyl (C=O) groups is 1. The molecule has 1 atom stereocenters. The van der Waals surface area contributed by atoms with Crippen LogP contribution in [0.4, 0.5) is 0 Å². The average Bonchev–Trinajstić information content (AvgIpc) is 2.55. The van der Waals surface area contributed by atoms with Crippen molar-refractivity contribution in [2.45, 2.75) is 20.3 Å². The molecule has 0 radical (unpaired) electrons. The molecule has 1 heterocycles. The van der Waals surface area contributed by atoms with Crippen molar-refractivity contribution in [2.24, 2.45) is 5.92 Å². The molecule has 2 N–H and O–H groups in total. The van der Waals surface area contributed by atoms with Crippen molar-refractivity contribution < 1.29 is 14.3 Å². The van der Waals surface area contributed by atoms with Gasteiger partial charge in [-0.1, -0.05) is 6.92 Å². The van der Waals surface area contributed by atoms with Crippen LogP contribution in [-0.4, -0.2) is 24.2 Å². The van der Waals surface area contributed by atoms with Crippen molar-refractivity contribution in [1.29, 1.82) is 0 Å². The molecule has 0 aromatic carbocycles. The van der Waals surface area contributed by atoms with Crippen LogP contribution in [0, 0.1) is 12.8 Å². The van der Waals surface area contributed by atoms with Crippen LogP contribution in [0.3, 0.4) is 0 Å². The minimum absolute atomic E-state index is 0.141. The maximum atomic E-state index is 11.7. The molecule has 0 spiro atoms. The number of aliphatic hydroxyl groups is 1. The first kappa shape index (κ1) is 13.3. The quantitative estimate of drug-likeness (QED) is 0.873. The van der Waals surface area contributed by atoms with Crippen molar-refractivity contribution in [3.63, 3.8) is 0 Å². The van der Waals surface area contributed by atoms with Gasteiger partial charge in [0.25, 0.3) is 5.91 Å². The van der Waals surface area contributed by atoms with E-state index in [0.29, 0.717) is 23.4 Å². The van der Waals surface area contributed by atoms with Crippen molar-refractivity contribution in [1.82, 2.24) is 5.32 Å². The van der Waals surface area contributed by atoms with Crippen LogP contribution >= 0.6 is 15.9 Å². The van der Waals surface area contributed by atoms with Gasteiger partial charge >= 0.3 is 0 Å². The SMILES string of the molecule is Cc1cc(Br)oc1C(=O)NCC(C)CCO. The number of hydrogen-bond acceptors (Lipinski definition) is 3. The second-order valence-electron chi connectivity index (χ2n) is 3.89. The molecule has 0 aliphatic heterocycles. The number of nitrogens with one attached hydrogen (secondary N) is 1. The molecule has 5 heteroatoms. The monoisotopic (exact) mass is 289 g/mol. The highest BCUT2D eigenvalue weighted by atomic mass is 79.9. The fourth-order valence-electron chi connectivity index (χ4n) is 1.34. The topological polar surface area (TPSA) is 62.5 Å². The smallest absolute Gasteiger partial charge is 0.287 e. The molecule has 0 saturated carbocycles. The Kier molecular flexibility index (Phi) is 5.02. The van der Waals surface area contributed by atoms with Gasteiger partial charge in [0.05, 0.1) is 0 Å². The van der Waals surface area contributed by atoms with E-state index >= 15 is 0 Å². The summed E-state index contributed by atoms with van der Waals surface area (Å²) >= 11 is 3.18. The normalized spacial score (nSPS) is 12.5. The second-order valence-corrected chi connectivity index (χ2v) is 4.67. The minimum Gasteiger partial charge on any atom is -0.444 e. The molecule has 90 valence electrons. The summed E-state index contributed by atoms with van der Waals surface area (Å²) < 4.78 is 5.78. The van der Waals surface area contributed by atoms with E-state index in [0.717, 1.165) is 5.56 Å². The van der Waals surface area contributed by atoms with Crippen LogP contribution < -0.4 is 5.32 Å². The predicted octanol–water partition coefficient (Wildman–Crippen LogP) is 2.10. The summed E-state index contributed by atoms with van der Waals surface area (Å²) in [7, 11) is 0. The van der Waals surface area contributed by atoms with Crippen molar-refractivity contribution >= 4 is 21.8 Å². The van der Waals surface area contributed by atoms with E-state index < -0.39 is 0 Å². The van der Waals surface area contributed by atoms with Gasteiger partial charge in [0.1, 0.15) is 0 Å². The van der Waals surface area contributed by atoms with E-state index in [1.54, 1.807) is 6.07 Å². The first-order valence-corrected chi connectivity index (χ1v) is 5.99. The highest BCUT2D eigenvalue weighted by Gasteiger charge is 2.15. The molecule has 0 aliphatic rings. The Morgan fingerprint density at radius 2 is 2.38 bits per heavy atom. The zero-order valence-corrected chi connectivity index (χ0v) is 11.0. The Balaban J connectivity index is 2.50. The first-order valence-electron chi connectivity index (χ1n) is 5.19. The Hall–Kier alpha value is -0.810. The molecule has 16 heavy (non-hydrogen) atoms. The van der Waals surface area contributed by atoms with E-state index in [4.69, 9.17) is 9.52 Å². The fourth-order valence-corrected chi connectivity index (χ4v) is 1.84. The molecule has 0 fully saturated rings. The molecule has 4 nitrogen and oxygen atoms in total. The molecule has 1 unspecified atom stereocenters. The number of aryl methyl sites for hydroxylation is 1. The van der Waals surface area contributed by atoms with Gasteiger partial charge in [-0.2, -0.15) is 0 Å². The van der Waals surface area contributed by atoms with Gasteiger partial charge in [-0.15, -0.1) is 0 Å². The Morgan fingerprint density at radius 1 is 1.69 bits per heavy atom. The van der Waals surface area contributed by atoms with Crippen molar-refractivity contribution in [3.8, 4) is 0 Å². The van der Waals surface area contributed by atoms with E-state index in [1.165, 1.54) is 0 Å². The molecule has 0 bridgehead atoms. The fraction of sp³-hybridized carbons (Fsp3) is 0.545. The van der Waals surface area contributed by atoms with Crippen LogP contribution in [-0.2, 0) is 0 Å². The van der Waals surface area contributed by atoms with E-state index in [-0.39, 0.29) is 18.4 Å². The maximum absolute atomic E-state index is 11.7. The predicted molar refractivity (Wildman–Crippen MR) is 64.3 cm³/mol. The number of hydrogen-bond donors (Lipinski definition) is 2. The molecular formula is C11H16BrNO3. The van der Waals surface area contributed by atoms with Gasteiger partial charge in [0, 0.05) is 18.7 Å². The lowest BCUT2D eigenvalue weighted by molar-refractivity contribution is 0.0915. The molecule has 1 aromatic heterocycles. The highest BCUT2D eigenvalue weighted by Crippen LogP contribution is 2.19. The molecule has 0 aliphatic carbocycles.